The van der Waals surface area contributed by atoms with Crippen LogP contribution in [-0.2, 0) is 17.8 Å². The third-order valence-corrected chi connectivity index (χ3v) is 5.18. The molecule has 0 saturated carbocycles. The molecule has 0 aliphatic carbocycles. The highest BCUT2D eigenvalue weighted by molar-refractivity contribution is 5.79. The van der Waals surface area contributed by atoms with Crippen molar-refractivity contribution in [3.05, 3.63) is 77.6 Å². The first-order valence-electron chi connectivity index (χ1n) is 9.60. The molecule has 0 radical (unpaired) electrons. The van der Waals surface area contributed by atoms with E-state index in [4.69, 9.17) is 4.74 Å². The lowest BCUT2D eigenvalue weighted by molar-refractivity contribution is -0.129. The number of benzene rings is 2. The van der Waals surface area contributed by atoms with Gasteiger partial charge in [-0.15, -0.1) is 5.10 Å². The molecule has 0 spiro atoms. The number of hydrogen-bond donors (Lipinski definition) is 0. The Hall–Kier alpha value is -3.15. The van der Waals surface area contributed by atoms with Crippen molar-refractivity contribution in [2.24, 2.45) is 0 Å². The fraction of sp³-hybridized carbons (Fsp3) is 0.318. The van der Waals surface area contributed by atoms with Gasteiger partial charge in [0.2, 0.25) is 5.91 Å². The molecule has 1 atom stereocenters. The summed E-state index contributed by atoms with van der Waals surface area (Å²) in [5, 5.41) is 8.46. The van der Waals surface area contributed by atoms with Crippen molar-refractivity contribution >= 4 is 5.91 Å². The maximum Gasteiger partial charge on any atom is 0.227 e. The van der Waals surface area contributed by atoms with Crippen molar-refractivity contribution in [2.45, 2.75) is 32.4 Å². The third kappa shape index (κ3) is 4.22. The highest BCUT2D eigenvalue weighted by Crippen LogP contribution is 2.22. The first-order chi connectivity index (χ1) is 13.7. The highest BCUT2D eigenvalue weighted by Gasteiger charge is 2.28. The van der Waals surface area contributed by atoms with Gasteiger partial charge in [0.15, 0.2) is 0 Å². The number of hydrogen-bond acceptors (Lipinski definition) is 4. The highest BCUT2D eigenvalue weighted by atomic mass is 16.5. The first-order valence-corrected chi connectivity index (χ1v) is 9.60. The van der Waals surface area contributed by atoms with Crippen LogP contribution in [0.15, 0.2) is 60.8 Å². The summed E-state index contributed by atoms with van der Waals surface area (Å²) >= 11 is 0. The smallest absolute Gasteiger partial charge is 0.227 e. The number of aromatic nitrogens is 3. The number of para-hydroxylation sites is 1. The number of carbonyl (C=O) groups is 1. The molecule has 1 aromatic heterocycles. The van der Waals surface area contributed by atoms with Gasteiger partial charge in [0, 0.05) is 13.1 Å². The Morgan fingerprint density at radius 3 is 2.75 bits per heavy atom. The molecule has 1 aliphatic rings. The van der Waals surface area contributed by atoms with E-state index in [1.807, 2.05) is 77.3 Å². The van der Waals surface area contributed by atoms with Crippen LogP contribution >= 0.6 is 0 Å². The normalized spacial score (nSPS) is 16.3. The van der Waals surface area contributed by atoms with Crippen molar-refractivity contribution < 1.29 is 9.53 Å². The average Bonchev–Trinajstić information content (AvgIpc) is 3.38. The lowest BCUT2D eigenvalue weighted by Gasteiger charge is -2.17. The number of rotatable bonds is 6. The van der Waals surface area contributed by atoms with Gasteiger partial charge in [-0.05, 0) is 36.6 Å². The van der Waals surface area contributed by atoms with Crippen LogP contribution in [0.25, 0.3) is 0 Å². The molecule has 0 bridgehead atoms. The fourth-order valence-electron chi connectivity index (χ4n) is 3.50. The summed E-state index contributed by atoms with van der Waals surface area (Å²) in [6, 6.07) is 17.9. The van der Waals surface area contributed by atoms with Crippen molar-refractivity contribution in [3.63, 3.8) is 0 Å². The molecule has 1 aliphatic heterocycles. The largest absolute Gasteiger partial charge is 0.487 e. The zero-order valence-corrected chi connectivity index (χ0v) is 16.0. The minimum absolute atomic E-state index is 0.166. The molecule has 2 aromatic carbocycles. The molecule has 2 heterocycles. The number of amides is 1. The van der Waals surface area contributed by atoms with E-state index in [1.54, 1.807) is 0 Å². The standard InChI is InChI=1S/C22H24N4O2/c1-17-7-5-6-8-18(17)13-22(27)25-12-11-20(15-25)26-14-19(23-24-26)16-28-21-9-3-2-4-10-21/h2-10,14,20H,11-13,15-16H2,1H3. The van der Waals surface area contributed by atoms with E-state index in [1.165, 1.54) is 0 Å². The Labute approximate surface area is 164 Å². The summed E-state index contributed by atoms with van der Waals surface area (Å²) < 4.78 is 7.59. The van der Waals surface area contributed by atoms with Crippen LogP contribution in [0.5, 0.6) is 5.75 Å². The van der Waals surface area contributed by atoms with E-state index in [9.17, 15) is 4.79 Å². The molecule has 4 rings (SSSR count). The summed E-state index contributed by atoms with van der Waals surface area (Å²) in [6.07, 6.45) is 3.26. The Bertz CT molecular complexity index is 938. The van der Waals surface area contributed by atoms with Gasteiger partial charge in [-0.25, -0.2) is 4.68 Å². The third-order valence-electron chi connectivity index (χ3n) is 5.18. The summed E-state index contributed by atoms with van der Waals surface area (Å²) in [4.78, 5) is 14.6. The SMILES string of the molecule is Cc1ccccc1CC(=O)N1CCC(n2cc(COc3ccccc3)nn2)C1. The lowest BCUT2D eigenvalue weighted by atomic mass is 10.1. The zero-order chi connectivity index (χ0) is 19.3. The molecule has 3 aromatic rings. The van der Waals surface area contributed by atoms with Crippen LogP contribution in [0.2, 0.25) is 0 Å². The number of nitrogens with zero attached hydrogens (tertiary/aromatic N) is 4. The average molecular weight is 376 g/mol. The number of carbonyl (C=O) groups excluding carboxylic acids is 1. The number of ether oxygens (including phenoxy) is 1. The second kappa shape index (κ2) is 8.25. The zero-order valence-electron chi connectivity index (χ0n) is 16.0. The van der Waals surface area contributed by atoms with Crippen molar-refractivity contribution in [1.82, 2.24) is 19.9 Å². The van der Waals surface area contributed by atoms with E-state index in [0.29, 0.717) is 19.6 Å². The minimum Gasteiger partial charge on any atom is -0.487 e. The van der Waals surface area contributed by atoms with Crippen LogP contribution in [0.3, 0.4) is 0 Å². The van der Waals surface area contributed by atoms with E-state index in [0.717, 1.165) is 35.5 Å². The summed E-state index contributed by atoms with van der Waals surface area (Å²) in [6.45, 7) is 3.86. The van der Waals surface area contributed by atoms with E-state index in [2.05, 4.69) is 10.3 Å². The van der Waals surface area contributed by atoms with Gasteiger partial charge in [-0.3, -0.25) is 4.79 Å². The van der Waals surface area contributed by atoms with Gasteiger partial charge in [0.1, 0.15) is 18.1 Å². The fourth-order valence-corrected chi connectivity index (χ4v) is 3.50. The van der Waals surface area contributed by atoms with Crippen LogP contribution in [0, 0.1) is 6.92 Å². The lowest BCUT2D eigenvalue weighted by Crippen LogP contribution is -2.30. The van der Waals surface area contributed by atoms with Gasteiger partial charge in [-0.2, -0.15) is 0 Å². The maximum atomic E-state index is 12.7. The van der Waals surface area contributed by atoms with E-state index < -0.39 is 0 Å². The minimum atomic E-state index is 0.166. The van der Waals surface area contributed by atoms with Gasteiger partial charge < -0.3 is 9.64 Å². The van der Waals surface area contributed by atoms with Crippen LogP contribution < -0.4 is 4.74 Å². The van der Waals surface area contributed by atoms with Crippen LogP contribution in [0.4, 0.5) is 0 Å². The summed E-state index contributed by atoms with van der Waals surface area (Å²) in [5.74, 6) is 0.982. The molecule has 6 heteroatoms. The number of likely N-dealkylation sites (tertiary alicyclic amines) is 1. The van der Waals surface area contributed by atoms with Gasteiger partial charge in [0.05, 0.1) is 18.7 Å². The predicted molar refractivity (Wildman–Crippen MR) is 106 cm³/mol. The van der Waals surface area contributed by atoms with Crippen LogP contribution in [-0.4, -0.2) is 38.9 Å². The Balaban J connectivity index is 1.32. The molecule has 1 saturated heterocycles. The molecule has 0 N–H and O–H groups in total. The van der Waals surface area contributed by atoms with E-state index >= 15 is 0 Å². The maximum absolute atomic E-state index is 12.7. The van der Waals surface area contributed by atoms with Crippen LogP contribution in [0.1, 0.15) is 29.3 Å². The first kappa shape index (κ1) is 18.2. The Kier molecular flexibility index (Phi) is 5.37. The molecular formula is C22H24N4O2. The van der Waals surface area contributed by atoms with Gasteiger partial charge in [0.25, 0.3) is 0 Å². The van der Waals surface area contributed by atoms with Crippen molar-refractivity contribution in [2.75, 3.05) is 13.1 Å². The molecule has 1 amide bonds. The summed E-state index contributed by atoms with van der Waals surface area (Å²) in [7, 11) is 0. The van der Waals surface area contributed by atoms with E-state index in [-0.39, 0.29) is 11.9 Å². The molecule has 1 unspecified atom stereocenters. The second-order valence-corrected chi connectivity index (χ2v) is 7.18. The molecule has 1 fully saturated rings. The predicted octanol–water partition coefficient (Wildman–Crippen LogP) is 3.18. The molecule has 144 valence electrons. The number of aryl methyl sites for hydroxylation is 1. The van der Waals surface area contributed by atoms with Gasteiger partial charge in [-0.1, -0.05) is 47.7 Å². The molecule has 6 nitrogen and oxygen atoms in total. The second-order valence-electron chi connectivity index (χ2n) is 7.18. The van der Waals surface area contributed by atoms with Crippen molar-refractivity contribution in [3.8, 4) is 5.75 Å². The summed E-state index contributed by atoms with van der Waals surface area (Å²) in [5.41, 5.74) is 3.04. The Morgan fingerprint density at radius 1 is 1.14 bits per heavy atom. The quantitative estimate of drug-likeness (QED) is 0.663. The van der Waals surface area contributed by atoms with Crippen molar-refractivity contribution in [1.29, 1.82) is 0 Å². The molecular weight excluding hydrogens is 352 g/mol. The van der Waals surface area contributed by atoms with Gasteiger partial charge >= 0.3 is 0 Å². The topological polar surface area (TPSA) is 60.2 Å². The molecule has 28 heavy (non-hydrogen) atoms. The Morgan fingerprint density at radius 2 is 1.93 bits per heavy atom. The monoisotopic (exact) mass is 376 g/mol.